The van der Waals surface area contributed by atoms with Gasteiger partial charge in [0.1, 0.15) is 24.1 Å². The maximum atomic E-state index is 13.0. The lowest BCUT2D eigenvalue weighted by Gasteiger charge is -2.14. The molecule has 162 valence electrons. The van der Waals surface area contributed by atoms with Crippen molar-refractivity contribution < 1.29 is 18.7 Å². The Hall–Kier alpha value is -3.34. The fraction of sp³-hybridized carbons (Fsp3) is 0.0833. The van der Waals surface area contributed by atoms with Crippen LogP contribution >= 0.6 is 27.5 Å². The van der Waals surface area contributed by atoms with Gasteiger partial charge in [-0.25, -0.2) is 4.39 Å². The number of halogens is 3. The minimum Gasteiger partial charge on any atom is -0.493 e. The summed E-state index contributed by atoms with van der Waals surface area (Å²) < 4.78 is 25.0. The summed E-state index contributed by atoms with van der Waals surface area (Å²) in [5.74, 6) is -0.146. The second kappa shape index (κ2) is 10.8. The van der Waals surface area contributed by atoms with Gasteiger partial charge < -0.3 is 14.8 Å². The van der Waals surface area contributed by atoms with E-state index in [0.717, 1.165) is 5.56 Å². The van der Waals surface area contributed by atoms with Crippen molar-refractivity contribution in [3.63, 3.8) is 0 Å². The van der Waals surface area contributed by atoms with Crippen LogP contribution in [0.2, 0.25) is 5.02 Å². The predicted molar refractivity (Wildman–Crippen MR) is 125 cm³/mol. The summed E-state index contributed by atoms with van der Waals surface area (Å²) >= 11 is 9.47. The molecule has 0 spiro atoms. The van der Waals surface area contributed by atoms with Crippen LogP contribution in [0, 0.1) is 17.1 Å². The average Bonchev–Trinajstić information content (AvgIpc) is 2.77. The van der Waals surface area contributed by atoms with Gasteiger partial charge in [-0.15, -0.1) is 0 Å². The molecular formula is C24H17BrClFN2O3. The third-order valence-electron chi connectivity index (χ3n) is 4.30. The summed E-state index contributed by atoms with van der Waals surface area (Å²) in [5.41, 5.74) is 1.69. The van der Waals surface area contributed by atoms with E-state index >= 15 is 0 Å². The first-order chi connectivity index (χ1) is 15.4. The largest absolute Gasteiger partial charge is 0.493 e. The van der Waals surface area contributed by atoms with Crippen molar-refractivity contribution in [1.29, 1.82) is 5.26 Å². The number of benzene rings is 3. The summed E-state index contributed by atoms with van der Waals surface area (Å²) in [6.45, 7) is 0.272. The van der Waals surface area contributed by atoms with Crippen molar-refractivity contribution in [2.45, 2.75) is 6.61 Å². The average molecular weight is 516 g/mol. The highest BCUT2D eigenvalue weighted by Gasteiger charge is 2.14. The monoisotopic (exact) mass is 514 g/mol. The van der Waals surface area contributed by atoms with Crippen LogP contribution in [-0.2, 0) is 11.4 Å². The molecule has 0 heterocycles. The zero-order valence-corrected chi connectivity index (χ0v) is 19.2. The van der Waals surface area contributed by atoms with Crippen molar-refractivity contribution in [2.75, 3.05) is 12.4 Å². The van der Waals surface area contributed by atoms with E-state index in [-0.39, 0.29) is 12.2 Å². The first-order valence-electron chi connectivity index (χ1n) is 9.33. The maximum Gasteiger partial charge on any atom is 0.266 e. The molecule has 0 unspecified atom stereocenters. The Balaban J connectivity index is 1.81. The van der Waals surface area contributed by atoms with E-state index in [0.29, 0.717) is 32.2 Å². The SMILES string of the molecule is COc1cc(/C=C(\C#N)C(=O)Nc2ccc(F)cc2)cc(Br)c1OCc1cccc(Cl)c1. The molecule has 0 aliphatic heterocycles. The maximum absolute atomic E-state index is 13.0. The molecule has 3 aromatic rings. The summed E-state index contributed by atoms with van der Waals surface area (Å²) in [6, 6.07) is 17.8. The summed E-state index contributed by atoms with van der Waals surface area (Å²) in [5, 5.41) is 12.6. The van der Waals surface area contributed by atoms with Crippen molar-refractivity contribution >= 4 is 45.2 Å². The van der Waals surface area contributed by atoms with Crippen LogP contribution < -0.4 is 14.8 Å². The standard InChI is InChI=1S/C24H17BrClFN2O3/c1-31-22-12-16(9-17(13-28)24(30)29-20-7-5-19(27)6-8-20)11-21(25)23(22)32-14-15-3-2-4-18(26)10-15/h2-12H,14H2,1H3,(H,29,30)/b17-9+. The number of nitrogens with zero attached hydrogens (tertiary/aromatic N) is 1. The molecule has 1 amide bonds. The highest BCUT2D eigenvalue weighted by atomic mass is 79.9. The van der Waals surface area contributed by atoms with Gasteiger partial charge in [-0.1, -0.05) is 23.7 Å². The van der Waals surface area contributed by atoms with Gasteiger partial charge >= 0.3 is 0 Å². The van der Waals surface area contributed by atoms with Crippen LogP contribution in [0.1, 0.15) is 11.1 Å². The second-order valence-electron chi connectivity index (χ2n) is 6.58. The molecule has 3 aromatic carbocycles. The number of nitriles is 1. The highest BCUT2D eigenvalue weighted by Crippen LogP contribution is 2.38. The third kappa shape index (κ3) is 6.10. The molecule has 8 heteroatoms. The molecular weight excluding hydrogens is 499 g/mol. The first-order valence-corrected chi connectivity index (χ1v) is 10.5. The van der Waals surface area contributed by atoms with Gasteiger partial charge in [0.25, 0.3) is 5.91 Å². The molecule has 32 heavy (non-hydrogen) atoms. The minimum absolute atomic E-state index is 0.129. The van der Waals surface area contributed by atoms with Gasteiger partial charge in [0, 0.05) is 10.7 Å². The van der Waals surface area contributed by atoms with E-state index in [1.807, 2.05) is 18.2 Å². The molecule has 3 rings (SSSR count). The van der Waals surface area contributed by atoms with Crippen molar-refractivity contribution in [3.8, 4) is 17.6 Å². The Kier molecular flexibility index (Phi) is 7.87. The molecule has 0 saturated carbocycles. The number of rotatable bonds is 7. The molecule has 0 radical (unpaired) electrons. The molecule has 5 nitrogen and oxygen atoms in total. The van der Waals surface area contributed by atoms with Gasteiger partial charge in [0.2, 0.25) is 0 Å². The smallest absolute Gasteiger partial charge is 0.266 e. The van der Waals surface area contributed by atoms with Crippen molar-refractivity contribution in [1.82, 2.24) is 0 Å². The second-order valence-corrected chi connectivity index (χ2v) is 7.87. The first kappa shape index (κ1) is 23.3. The Bertz CT molecular complexity index is 1210. The Labute approximate surface area is 198 Å². The molecule has 1 N–H and O–H groups in total. The van der Waals surface area contributed by atoms with Gasteiger partial charge in [0.05, 0.1) is 11.6 Å². The molecule has 0 aliphatic rings. The lowest BCUT2D eigenvalue weighted by molar-refractivity contribution is -0.112. The van der Waals surface area contributed by atoms with E-state index in [4.69, 9.17) is 21.1 Å². The lowest BCUT2D eigenvalue weighted by atomic mass is 10.1. The van der Waals surface area contributed by atoms with Crippen LogP contribution in [0.4, 0.5) is 10.1 Å². The van der Waals surface area contributed by atoms with Crippen LogP contribution in [0.5, 0.6) is 11.5 Å². The number of hydrogen-bond donors (Lipinski definition) is 1. The number of amides is 1. The topological polar surface area (TPSA) is 71.3 Å². The van der Waals surface area contributed by atoms with Crippen LogP contribution in [0.15, 0.2) is 70.7 Å². The summed E-state index contributed by atoms with van der Waals surface area (Å²) in [7, 11) is 1.49. The Morgan fingerprint density at radius 3 is 2.62 bits per heavy atom. The number of hydrogen-bond acceptors (Lipinski definition) is 4. The fourth-order valence-corrected chi connectivity index (χ4v) is 3.58. The number of anilines is 1. The van der Waals surface area contributed by atoms with E-state index in [1.54, 1.807) is 24.3 Å². The van der Waals surface area contributed by atoms with Gasteiger partial charge in [-0.2, -0.15) is 5.26 Å². The third-order valence-corrected chi connectivity index (χ3v) is 5.13. The Morgan fingerprint density at radius 2 is 1.97 bits per heavy atom. The molecule has 0 saturated heterocycles. The van der Waals surface area contributed by atoms with Crippen molar-refractivity contribution in [2.24, 2.45) is 0 Å². The zero-order valence-electron chi connectivity index (χ0n) is 16.9. The quantitative estimate of drug-likeness (QED) is 0.293. The molecule has 0 aromatic heterocycles. The van der Waals surface area contributed by atoms with Crippen LogP contribution in [0.3, 0.4) is 0 Å². The number of methoxy groups -OCH3 is 1. The van der Waals surface area contributed by atoms with E-state index in [1.165, 1.54) is 37.5 Å². The van der Waals surface area contributed by atoms with Gasteiger partial charge in [-0.05, 0) is 81.7 Å². The number of carbonyl (C=O) groups is 1. The Morgan fingerprint density at radius 1 is 1.22 bits per heavy atom. The zero-order chi connectivity index (χ0) is 23.1. The van der Waals surface area contributed by atoms with E-state index in [9.17, 15) is 14.4 Å². The van der Waals surface area contributed by atoms with Crippen molar-refractivity contribution in [3.05, 3.63) is 92.7 Å². The van der Waals surface area contributed by atoms with Crippen LogP contribution in [-0.4, -0.2) is 13.0 Å². The number of carbonyl (C=O) groups excluding carboxylic acids is 1. The minimum atomic E-state index is -0.615. The van der Waals surface area contributed by atoms with Gasteiger partial charge in [-0.3, -0.25) is 4.79 Å². The number of nitrogens with one attached hydrogen (secondary N) is 1. The molecule has 0 fully saturated rings. The fourth-order valence-electron chi connectivity index (χ4n) is 2.79. The predicted octanol–water partition coefficient (Wildman–Crippen LogP) is 6.37. The van der Waals surface area contributed by atoms with Crippen LogP contribution in [0.25, 0.3) is 6.08 Å². The van der Waals surface area contributed by atoms with E-state index < -0.39 is 11.7 Å². The molecule has 0 aliphatic carbocycles. The highest BCUT2D eigenvalue weighted by molar-refractivity contribution is 9.10. The van der Waals surface area contributed by atoms with Gasteiger partial charge in [0.15, 0.2) is 11.5 Å². The van der Waals surface area contributed by atoms with E-state index in [2.05, 4.69) is 21.2 Å². The molecule has 0 atom stereocenters. The summed E-state index contributed by atoms with van der Waals surface area (Å²) in [6.07, 6.45) is 1.42. The normalized spacial score (nSPS) is 10.9. The number of ether oxygens (including phenoxy) is 2. The summed E-state index contributed by atoms with van der Waals surface area (Å²) in [4.78, 5) is 12.5. The lowest BCUT2D eigenvalue weighted by Crippen LogP contribution is -2.13. The molecule has 0 bridgehead atoms.